The Morgan fingerprint density at radius 3 is 2.79 bits per heavy atom. The lowest BCUT2D eigenvalue weighted by Crippen LogP contribution is -2.47. The van der Waals surface area contributed by atoms with Crippen LogP contribution in [0.1, 0.15) is 38.5 Å². The van der Waals surface area contributed by atoms with E-state index in [0.717, 1.165) is 45.3 Å². The molecule has 0 amide bonds. The molecule has 0 aromatic carbocycles. The molecule has 2 saturated heterocycles. The van der Waals surface area contributed by atoms with Crippen LogP contribution in [0.25, 0.3) is 0 Å². The molecule has 6 heteroatoms. The van der Waals surface area contributed by atoms with E-state index in [1.807, 2.05) is 7.05 Å². The quantitative estimate of drug-likeness (QED) is 0.775. The fraction of sp³-hybridized carbons (Fsp3) is 1.00. The van der Waals surface area contributed by atoms with Crippen LogP contribution in [0.2, 0.25) is 0 Å². The Bertz CT molecular complexity index is 366. The second-order valence-electron chi connectivity index (χ2n) is 5.97. The van der Waals surface area contributed by atoms with Crippen molar-refractivity contribution in [3.63, 3.8) is 0 Å². The summed E-state index contributed by atoms with van der Waals surface area (Å²) < 4.78 is 27.0. The van der Waals surface area contributed by atoms with Gasteiger partial charge in [0.25, 0.3) is 0 Å². The average Bonchev–Trinajstić information content (AvgIpc) is 2.37. The molecule has 0 aromatic heterocycles. The monoisotopic (exact) mass is 289 g/mol. The standard InChI is InChI=1S/C13H27N3O2S/c1-16-9-4-6-13(11-16)15-19(17,18)10-7-12-5-2-3-8-14-12/h12-15H,2-11H2,1H3. The maximum atomic E-state index is 12.1. The largest absolute Gasteiger partial charge is 0.314 e. The first-order valence-corrected chi connectivity index (χ1v) is 9.12. The number of nitrogens with zero attached hydrogens (tertiary/aromatic N) is 1. The maximum Gasteiger partial charge on any atom is 0.211 e. The minimum absolute atomic E-state index is 0.100. The van der Waals surface area contributed by atoms with Crippen LogP contribution >= 0.6 is 0 Å². The number of likely N-dealkylation sites (N-methyl/N-ethyl adjacent to an activating group) is 1. The molecule has 112 valence electrons. The third-order valence-corrected chi connectivity index (χ3v) is 5.58. The molecular weight excluding hydrogens is 262 g/mol. The number of hydrogen-bond acceptors (Lipinski definition) is 4. The van der Waals surface area contributed by atoms with Crippen LogP contribution in [0, 0.1) is 0 Å². The molecule has 0 spiro atoms. The number of hydrogen-bond donors (Lipinski definition) is 2. The number of sulfonamides is 1. The predicted octanol–water partition coefficient (Wildman–Crippen LogP) is 0.532. The molecule has 0 bridgehead atoms. The molecular formula is C13H27N3O2S. The van der Waals surface area contributed by atoms with Gasteiger partial charge in [0.2, 0.25) is 10.0 Å². The van der Waals surface area contributed by atoms with Gasteiger partial charge >= 0.3 is 0 Å². The minimum Gasteiger partial charge on any atom is -0.314 e. The van der Waals surface area contributed by atoms with E-state index in [9.17, 15) is 8.42 Å². The van der Waals surface area contributed by atoms with E-state index in [0.29, 0.717) is 6.04 Å². The van der Waals surface area contributed by atoms with Gasteiger partial charge in [0, 0.05) is 18.6 Å². The zero-order valence-corrected chi connectivity index (χ0v) is 12.7. The molecule has 2 unspecified atom stereocenters. The van der Waals surface area contributed by atoms with Gasteiger partial charge in [-0.05, 0) is 52.2 Å². The van der Waals surface area contributed by atoms with Crippen molar-refractivity contribution < 1.29 is 8.42 Å². The zero-order valence-electron chi connectivity index (χ0n) is 11.9. The molecule has 2 fully saturated rings. The van der Waals surface area contributed by atoms with E-state index < -0.39 is 10.0 Å². The van der Waals surface area contributed by atoms with Crippen molar-refractivity contribution in [1.29, 1.82) is 0 Å². The number of likely N-dealkylation sites (tertiary alicyclic amines) is 1. The molecule has 2 aliphatic rings. The fourth-order valence-corrected chi connectivity index (χ4v) is 4.46. The van der Waals surface area contributed by atoms with Crippen LogP contribution in [0.15, 0.2) is 0 Å². The van der Waals surface area contributed by atoms with Gasteiger partial charge < -0.3 is 10.2 Å². The summed E-state index contributed by atoms with van der Waals surface area (Å²) in [5.41, 5.74) is 0. The van der Waals surface area contributed by atoms with Crippen molar-refractivity contribution in [3.05, 3.63) is 0 Å². The number of piperidine rings is 2. The first kappa shape index (κ1) is 15.2. The third kappa shape index (κ3) is 5.38. The first-order chi connectivity index (χ1) is 9.05. The van der Waals surface area contributed by atoms with Gasteiger partial charge in [0.05, 0.1) is 5.75 Å². The van der Waals surface area contributed by atoms with Crippen molar-refractivity contribution in [2.24, 2.45) is 0 Å². The first-order valence-electron chi connectivity index (χ1n) is 7.47. The highest BCUT2D eigenvalue weighted by Crippen LogP contribution is 2.12. The molecule has 0 aliphatic carbocycles. The van der Waals surface area contributed by atoms with Gasteiger partial charge in [-0.1, -0.05) is 6.42 Å². The van der Waals surface area contributed by atoms with E-state index in [1.54, 1.807) is 0 Å². The van der Waals surface area contributed by atoms with Gasteiger partial charge in [-0.15, -0.1) is 0 Å². The summed E-state index contributed by atoms with van der Waals surface area (Å²) >= 11 is 0. The highest BCUT2D eigenvalue weighted by Gasteiger charge is 2.23. The molecule has 2 N–H and O–H groups in total. The average molecular weight is 289 g/mol. The molecule has 2 heterocycles. The van der Waals surface area contributed by atoms with Crippen LogP contribution in [0.3, 0.4) is 0 Å². The lowest BCUT2D eigenvalue weighted by molar-refractivity contribution is 0.242. The van der Waals surface area contributed by atoms with E-state index in [2.05, 4.69) is 14.9 Å². The van der Waals surface area contributed by atoms with E-state index in [-0.39, 0.29) is 11.8 Å². The Labute approximate surface area is 117 Å². The van der Waals surface area contributed by atoms with Crippen LogP contribution in [-0.2, 0) is 10.0 Å². The smallest absolute Gasteiger partial charge is 0.211 e. The Morgan fingerprint density at radius 2 is 2.11 bits per heavy atom. The minimum atomic E-state index is -3.12. The second-order valence-corrected chi connectivity index (χ2v) is 7.85. The van der Waals surface area contributed by atoms with Gasteiger partial charge in [-0.25, -0.2) is 13.1 Å². The molecule has 5 nitrogen and oxygen atoms in total. The van der Waals surface area contributed by atoms with Gasteiger partial charge in [-0.3, -0.25) is 0 Å². The molecule has 2 rings (SSSR count). The Hall–Kier alpha value is -0.170. The maximum absolute atomic E-state index is 12.1. The van der Waals surface area contributed by atoms with Gasteiger partial charge in [0.15, 0.2) is 0 Å². The van der Waals surface area contributed by atoms with Crippen LogP contribution in [0.5, 0.6) is 0 Å². The Kier molecular flexibility index (Phi) is 5.62. The lowest BCUT2D eigenvalue weighted by Gasteiger charge is -2.30. The molecule has 2 atom stereocenters. The van der Waals surface area contributed by atoms with Crippen LogP contribution in [-0.4, -0.2) is 57.8 Å². The van der Waals surface area contributed by atoms with Crippen molar-refractivity contribution in [2.45, 2.75) is 50.6 Å². The Balaban J connectivity index is 1.74. The Morgan fingerprint density at radius 1 is 1.26 bits per heavy atom. The summed E-state index contributed by atoms with van der Waals surface area (Å²) in [6.45, 7) is 2.94. The normalized spacial score (nSPS) is 30.4. The summed E-state index contributed by atoms with van der Waals surface area (Å²) in [6, 6.07) is 0.488. The summed E-state index contributed by atoms with van der Waals surface area (Å²) in [6.07, 6.45) is 6.33. The van der Waals surface area contributed by atoms with Crippen LogP contribution in [0.4, 0.5) is 0 Å². The van der Waals surface area contributed by atoms with Crippen LogP contribution < -0.4 is 10.0 Å². The molecule has 19 heavy (non-hydrogen) atoms. The van der Waals surface area contributed by atoms with Gasteiger partial charge in [-0.2, -0.15) is 0 Å². The summed E-state index contributed by atoms with van der Waals surface area (Å²) in [7, 11) is -1.07. The lowest BCUT2D eigenvalue weighted by atomic mass is 10.0. The third-order valence-electron chi connectivity index (χ3n) is 4.12. The highest BCUT2D eigenvalue weighted by atomic mass is 32.2. The van der Waals surface area contributed by atoms with Crippen molar-refractivity contribution >= 4 is 10.0 Å². The topological polar surface area (TPSA) is 61.4 Å². The molecule has 0 radical (unpaired) electrons. The van der Waals surface area contributed by atoms with Gasteiger partial charge in [0.1, 0.15) is 0 Å². The fourth-order valence-electron chi connectivity index (χ4n) is 3.04. The predicted molar refractivity (Wildman–Crippen MR) is 77.7 cm³/mol. The molecule has 0 aromatic rings. The second kappa shape index (κ2) is 7.02. The summed E-state index contributed by atoms with van der Waals surface area (Å²) in [5, 5.41) is 3.40. The number of rotatable bonds is 5. The van der Waals surface area contributed by atoms with E-state index >= 15 is 0 Å². The number of nitrogens with one attached hydrogen (secondary N) is 2. The van der Waals surface area contributed by atoms with Crippen molar-refractivity contribution in [1.82, 2.24) is 14.9 Å². The molecule has 2 aliphatic heterocycles. The SMILES string of the molecule is CN1CCCC(NS(=O)(=O)CCC2CCCCN2)C1. The molecule has 0 saturated carbocycles. The van der Waals surface area contributed by atoms with E-state index in [4.69, 9.17) is 0 Å². The summed E-state index contributed by atoms with van der Waals surface area (Å²) in [4.78, 5) is 2.19. The highest BCUT2D eigenvalue weighted by molar-refractivity contribution is 7.89. The van der Waals surface area contributed by atoms with Crippen molar-refractivity contribution in [3.8, 4) is 0 Å². The van der Waals surface area contributed by atoms with E-state index in [1.165, 1.54) is 12.8 Å². The zero-order chi connectivity index (χ0) is 13.7. The summed E-state index contributed by atoms with van der Waals surface area (Å²) in [5.74, 6) is 0.255. The van der Waals surface area contributed by atoms with Crippen molar-refractivity contribution in [2.75, 3.05) is 32.4 Å².